The van der Waals surface area contributed by atoms with Crippen molar-refractivity contribution in [3.05, 3.63) is 22.4 Å². The molecule has 0 atom stereocenters. The first-order chi connectivity index (χ1) is 5.79. The molecule has 0 aliphatic heterocycles. The van der Waals surface area contributed by atoms with E-state index in [1.807, 2.05) is 36.3 Å². The zero-order chi connectivity index (χ0) is 8.97. The van der Waals surface area contributed by atoms with Crippen molar-refractivity contribution in [3.8, 4) is 0 Å². The Hall–Kier alpha value is 0.806. The van der Waals surface area contributed by atoms with Gasteiger partial charge in [0.2, 0.25) is 0 Å². The van der Waals surface area contributed by atoms with Gasteiger partial charge in [-0.2, -0.15) is 0 Å². The molecule has 0 unspecified atom stereocenters. The number of nitrogens with zero attached hydrogens (tertiary/aromatic N) is 1. The molecule has 1 aromatic heterocycles. The minimum atomic E-state index is 0. The average molecular weight is 223 g/mol. The van der Waals surface area contributed by atoms with Crippen molar-refractivity contribution in [1.82, 2.24) is 4.90 Å². The van der Waals surface area contributed by atoms with Crippen LogP contribution in [-0.2, 0) is 0 Å². The third-order valence-electron chi connectivity index (χ3n) is 1.78. The van der Waals surface area contributed by atoms with Gasteiger partial charge in [0.1, 0.15) is 0 Å². The Bertz CT molecular complexity index is 244. The summed E-state index contributed by atoms with van der Waals surface area (Å²) in [6, 6.07) is 3.77. The van der Waals surface area contributed by atoms with Crippen LogP contribution in [-0.4, -0.2) is 75.3 Å². The Balaban J connectivity index is 0.00000144. The van der Waals surface area contributed by atoms with E-state index in [2.05, 4.69) is 0 Å². The van der Waals surface area contributed by atoms with Crippen LogP contribution in [0.5, 0.6) is 0 Å². The van der Waals surface area contributed by atoms with Crippen LogP contribution in [0, 0.1) is 0 Å². The molecular weight excluding hydrogens is 209 g/mol. The first-order valence-corrected chi connectivity index (χ1v) is 5.00. The van der Waals surface area contributed by atoms with Crippen molar-refractivity contribution in [2.75, 3.05) is 13.1 Å². The Morgan fingerprint density at radius 1 is 1.46 bits per heavy atom. The molecule has 0 aromatic carbocycles. The van der Waals surface area contributed by atoms with Crippen LogP contribution in [0.3, 0.4) is 0 Å². The summed E-state index contributed by atoms with van der Waals surface area (Å²) in [4.78, 5) is 14.3. The summed E-state index contributed by atoms with van der Waals surface area (Å²) in [7, 11) is 0. The Morgan fingerprint density at radius 3 is 2.46 bits per heavy atom. The molecule has 1 rings (SSSR count). The maximum atomic E-state index is 11.6. The number of amides is 1. The molecular formula is C9H14KNOS. The van der Waals surface area contributed by atoms with E-state index in [9.17, 15) is 4.79 Å². The van der Waals surface area contributed by atoms with E-state index in [0.717, 1.165) is 18.0 Å². The van der Waals surface area contributed by atoms with Gasteiger partial charge < -0.3 is 4.90 Å². The van der Waals surface area contributed by atoms with E-state index in [1.54, 1.807) is 0 Å². The zero-order valence-electron chi connectivity index (χ0n) is 7.41. The molecule has 0 aliphatic carbocycles. The number of hydrogen-bond donors (Lipinski definition) is 0. The molecule has 4 heteroatoms. The van der Waals surface area contributed by atoms with E-state index in [1.165, 1.54) is 11.3 Å². The van der Waals surface area contributed by atoms with Crippen molar-refractivity contribution in [1.29, 1.82) is 0 Å². The number of carbonyl (C=O) groups is 1. The third kappa shape index (κ3) is 3.81. The second kappa shape index (κ2) is 7.14. The Morgan fingerprint density at radius 2 is 2.08 bits per heavy atom. The van der Waals surface area contributed by atoms with E-state index < -0.39 is 0 Å². The SMILES string of the molecule is CCN(CC)C(=O)c1cccs1.[KH]. The van der Waals surface area contributed by atoms with Gasteiger partial charge in [0.25, 0.3) is 5.91 Å². The number of hydrogen-bond acceptors (Lipinski definition) is 2. The van der Waals surface area contributed by atoms with Gasteiger partial charge in [-0.3, -0.25) is 4.79 Å². The van der Waals surface area contributed by atoms with Crippen molar-refractivity contribution in [2.45, 2.75) is 13.8 Å². The van der Waals surface area contributed by atoms with Gasteiger partial charge in [-0.15, -0.1) is 11.3 Å². The molecule has 1 heterocycles. The molecule has 13 heavy (non-hydrogen) atoms. The first-order valence-electron chi connectivity index (χ1n) is 4.12. The van der Waals surface area contributed by atoms with Crippen LogP contribution in [0.2, 0.25) is 0 Å². The fourth-order valence-corrected chi connectivity index (χ4v) is 1.76. The molecule has 0 fully saturated rings. The Labute approximate surface area is 126 Å². The second-order valence-electron chi connectivity index (χ2n) is 2.45. The van der Waals surface area contributed by atoms with Crippen molar-refractivity contribution >= 4 is 68.6 Å². The third-order valence-corrected chi connectivity index (χ3v) is 2.64. The van der Waals surface area contributed by atoms with E-state index in [0.29, 0.717) is 0 Å². The standard InChI is InChI=1S/C9H13NOS.K.H/c1-3-10(4-2)9(11)8-6-5-7-12-8;;/h5-7H,3-4H2,1-2H3;;. The molecule has 2 nitrogen and oxygen atoms in total. The summed E-state index contributed by atoms with van der Waals surface area (Å²) in [6.45, 7) is 5.56. The minimum absolute atomic E-state index is 0. The molecule has 0 N–H and O–H groups in total. The topological polar surface area (TPSA) is 20.3 Å². The molecule has 0 aliphatic rings. The van der Waals surface area contributed by atoms with Crippen LogP contribution in [0.4, 0.5) is 0 Å². The van der Waals surface area contributed by atoms with Gasteiger partial charge in [0.05, 0.1) is 4.88 Å². The summed E-state index contributed by atoms with van der Waals surface area (Å²) in [5.41, 5.74) is 0. The predicted octanol–water partition coefficient (Wildman–Crippen LogP) is 1.58. The molecule has 0 spiro atoms. The maximum absolute atomic E-state index is 11.6. The van der Waals surface area contributed by atoms with Gasteiger partial charge in [0, 0.05) is 13.1 Å². The fraction of sp³-hybridized carbons (Fsp3) is 0.444. The van der Waals surface area contributed by atoms with Crippen LogP contribution in [0.15, 0.2) is 17.5 Å². The molecule has 1 amide bonds. The van der Waals surface area contributed by atoms with Crippen molar-refractivity contribution in [2.24, 2.45) is 0 Å². The molecule has 1 aromatic rings. The summed E-state index contributed by atoms with van der Waals surface area (Å²) >= 11 is 1.50. The summed E-state index contributed by atoms with van der Waals surface area (Å²) in [6.07, 6.45) is 0. The van der Waals surface area contributed by atoms with Gasteiger partial charge in [-0.05, 0) is 25.3 Å². The van der Waals surface area contributed by atoms with E-state index in [4.69, 9.17) is 0 Å². The van der Waals surface area contributed by atoms with E-state index in [-0.39, 0.29) is 57.3 Å². The quantitative estimate of drug-likeness (QED) is 0.713. The van der Waals surface area contributed by atoms with Gasteiger partial charge in [-0.1, -0.05) is 6.07 Å². The van der Waals surface area contributed by atoms with Crippen LogP contribution in [0.1, 0.15) is 23.5 Å². The van der Waals surface area contributed by atoms with Crippen LogP contribution < -0.4 is 0 Å². The molecule has 0 saturated heterocycles. The summed E-state index contributed by atoms with van der Waals surface area (Å²) in [5, 5.41) is 1.93. The van der Waals surface area contributed by atoms with Gasteiger partial charge >= 0.3 is 51.4 Å². The number of thiophene rings is 1. The fourth-order valence-electron chi connectivity index (χ4n) is 1.07. The molecule has 0 bridgehead atoms. The molecule has 68 valence electrons. The van der Waals surface area contributed by atoms with Gasteiger partial charge in [0.15, 0.2) is 0 Å². The second-order valence-corrected chi connectivity index (χ2v) is 3.40. The Kier molecular flexibility index (Phi) is 7.59. The zero-order valence-corrected chi connectivity index (χ0v) is 8.23. The van der Waals surface area contributed by atoms with Crippen molar-refractivity contribution in [3.63, 3.8) is 0 Å². The monoisotopic (exact) mass is 223 g/mol. The predicted molar refractivity (Wildman–Crippen MR) is 58.7 cm³/mol. The first kappa shape index (κ1) is 13.8. The molecule has 0 saturated carbocycles. The van der Waals surface area contributed by atoms with E-state index >= 15 is 0 Å². The van der Waals surface area contributed by atoms with Crippen molar-refractivity contribution < 1.29 is 4.79 Å². The number of rotatable bonds is 3. The summed E-state index contributed by atoms with van der Waals surface area (Å²) in [5.74, 6) is 0.148. The molecule has 0 radical (unpaired) electrons. The summed E-state index contributed by atoms with van der Waals surface area (Å²) < 4.78 is 0. The van der Waals surface area contributed by atoms with Crippen LogP contribution >= 0.6 is 11.3 Å². The normalized spacial score (nSPS) is 9.08. The van der Waals surface area contributed by atoms with Crippen LogP contribution in [0.25, 0.3) is 0 Å². The average Bonchev–Trinajstić information content (AvgIpc) is 2.58. The number of carbonyl (C=O) groups excluding carboxylic acids is 1. The van der Waals surface area contributed by atoms with Gasteiger partial charge in [-0.25, -0.2) is 0 Å².